The van der Waals surface area contributed by atoms with E-state index in [0.717, 1.165) is 45.2 Å². The van der Waals surface area contributed by atoms with E-state index in [1.807, 2.05) is 11.0 Å². The molecule has 1 N–H and O–H groups in total. The lowest BCUT2D eigenvalue weighted by atomic mass is 9.85. The third kappa shape index (κ3) is 3.45. The Bertz CT molecular complexity index is 674. The van der Waals surface area contributed by atoms with Crippen LogP contribution >= 0.6 is 0 Å². The fraction of sp³-hybridized carbons (Fsp3) is 0.550. The predicted octanol–water partition coefficient (Wildman–Crippen LogP) is 1.81. The monoisotopic (exact) mass is 357 g/mol. The van der Waals surface area contributed by atoms with Gasteiger partial charge in [-0.15, -0.1) is 0 Å². The molecule has 140 valence electrons. The maximum atomic E-state index is 13.1. The highest BCUT2D eigenvalue weighted by molar-refractivity contribution is 5.98. The maximum Gasteiger partial charge on any atom is 0.251 e. The van der Waals surface area contributed by atoms with Crippen LogP contribution in [-0.2, 0) is 9.59 Å². The van der Waals surface area contributed by atoms with Crippen molar-refractivity contribution in [2.24, 2.45) is 0 Å². The average Bonchev–Trinajstić information content (AvgIpc) is 3.09. The zero-order valence-electron chi connectivity index (χ0n) is 15.4. The second-order valence-electron chi connectivity index (χ2n) is 7.12. The van der Waals surface area contributed by atoms with Crippen LogP contribution in [0, 0.1) is 0 Å². The van der Waals surface area contributed by atoms with Crippen LogP contribution in [0.2, 0.25) is 0 Å². The first kappa shape index (κ1) is 18.4. The van der Waals surface area contributed by atoms with E-state index in [0.29, 0.717) is 12.1 Å². The number of amides is 3. The highest BCUT2D eigenvalue weighted by Gasteiger charge is 2.52. The Morgan fingerprint density at radius 3 is 2.50 bits per heavy atom. The van der Waals surface area contributed by atoms with E-state index >= 15 is 0 Å². The molecule has 1 aromatic carbocycles. The first-order valence-corrected chi connectivity index (χ1v) is 9.51. The Hall–Kier alpha value is -2.37. The topological polar surface area (TPSA) is 69.7 Å². The number of hydrogen-bond acceptors (Lipinski definition) is 3. The van der Waals surface area contributed by atoms with Crippen LogP contribution in [0.1, 0.15) is 49.4 Å². The summed E-state index contributed by atoms with van der Waals surface area (Å²) in [6.45, 7) is 4.10. The number of nitrogens with one attached hydrogen (secondary N) is 1. The molecule has 2 heterocycles. The van der Waals surface area contributed by atoms with E-state index in [9.17, 15) is 14.4 Å². The summed E-state index contributed by atoms with van der Waals surface area (Å²) in [5.74, 6) is -0.348. The molecular formula is C20H27N3O3. The third-order valence-electron chi connectivity index (χ3n) is 5.42. The summed E-state index contributed by atoms with van der Waals surface area (Å²) >= 11 is 0. The van der Waals surface area contributed by atoms with Gasteiger partial charge in [0.15, 0.2) is 0 Å². The molecule has 0 radical (unpaired) electrons. The Morgan fingerprint density at radius 1 is 1.12 bits per heavy atom. The second-order valence-corrected chi connectivity index (χ2v) is 7.12. The summed E-state index contributed by atoms with van der Waals surface area (Å²) in [4.78, 5) is 41.7. The van der Waals surface area contributed by atoms with E-state index in [1.54, 1.807) is 29.2 Å². The summed E-state index contributed by atoms with van der Waals surface area (Å²) in [5, 5.41) is 2.69. The van der Waals surface area contributed by atoms with Gasteiger partial charge in [-0.3, -0.25) is 14.4 Å². The number of benzene rings is 1. The molecule has 0 bridgehead atoms. The number of rotatable bonds is 5. The van der Waals surface area contributed by atoms with E-state index in [-0.39, 0.29) is 24.3 Å². The molecule has 6 heteroatoms. The summed E-state index contributed by atoms with van der Waals surface area (Å²) in [6, 6.07) is 8.84. The van der Waals surface area contributed by atoms with E-state index in [1.165, 1.54) is 0 Å². The molecule has 1 unspecified atom stereocenters. The minimum absolute atomic E-state index is 0.0729. The van der Waals surface area contributed by atoms with Gasteiger partial charge in [-0.05, 0) is 44.2 Å². The van der Waals surface area contributed by atoms with Crippen molar-refractivity contribution in [1.29, 1.82) is 0 Å². The lowest BCUT2D eigenvalue weighted by Crippen LogP contribution is -2.62. The fourth-order valence-electron chi connectivity index (χ4n) is 4.22. The molecule has 0 aromatic heterocycles. The van der Waals surface area contributed by atoms with Crippen molar-refractivity contribution in [3.63, 3.8) is 0 Å². The maximum absolute atomic E-state index is 13.1. The third-order valence-corrected chi connectivity index (χ3v) is 5.42. The molecule has 1 spiro atoms. The minimum atomic E-state index is -0.692. The van der Waals surface area contributed by atoms with Gasteiger partial charge in [0.25, 0.3) is 5.91 Å². The highest BCUT2D eigenvalue weighted by atomic mass is 16.2. The first-order chi connectivity index (χ1) is 12.6. The van der Waals surface area contributed by atoms with E-state index in [4.69, 9.17) is 0 Å². The van der Waals surface area contributed by atoms with Crippen molar-refractivity contribution in [3.8, 4) is 0 Å². The molecule has 2 fully saturated rings. The Labute approximate surface area is 154 Å². The molecule has 2 aliphatic rings. The lowest BCUT2D eigenvalue weighted by molar-refractivity contribution is -0.154. The normalized spacial score (nSPS) is 22.7. The SMILES string of the molecule is CCCN1CCCC2(CCCN2C(=O)CNC(=O)c2ccccc2)C1=O. The second kappa shape index (κ2) is 7.89. The van der Waals surface area contributed by atoms with Gasteiger partial charge in [-0.2, -0.15) is 0 Å². The van der Waals surface area contributed by atoms with Crippen LogP contribution in [0.4, 0.5) is 0 Å². The molecule has 26 heavy (non-hydrogen) atoms. The molecular weight excluding hydrogens is 330 g/mol. The quantitative estimate of drug-likeness (QED) is 0.874. The smallest absolute Gasteiger partial charge is 0.251 e. The summed E-state index contributed by atoms with van der Waals surface area (Å²) in [6.07, 6.45) is 4.13. The summed E-state index contributed by atoms with van der Waals surface area (Å²) in [7, 11) is 0. The van der Waals surface area contributed by atoms with Gasteiger partial charge in [0.1, 0.15) is 5.54 Å². The van der Waals surface area contributed by atoms with E-state index < -0.39 is 5.54 Å². The molecule has 0 saturated carbocycles. The zero-order chi connectivity index (χ0) is 18.6. The largest absolute Gasteiger partial charge is 0.343 e. The Kier molecular flexibility index (Phi) is 5.59. The van der Waals surface area contributed by atoms with Crippen LogP contribution < -0.4 is 5.32 Å². The molecule has 1 atom stereocenters. The van der Waals surface area contributed by atoms with Crippen molar-refractivity contribution >= 4 is 17.7 Å². The van der Waals surface area contributed by atoms with Gasteiger partial charge >= 0.3 is 0 Å². The number of nitrogens with zero attached hydrogens (tertiary/aromatic N) is 2. The van der Waals surface area contributed by atoms with Gasteiger partial charge in [-0.1, -0.05) is 25.1 Å². The van der Waals surface area contributed by atoms with Gasteiger partial charge in [0.2, 0.25) is 11.8 Å². The van der Waals surface area contributed by atoms with Crippen molar-refractivity contribution < 1.29 is 14.4 Å². The summed E-state index contributed by atoms with van der Waals surface area (Å²) in [5.41, 5.74) is -0.165. The predicted molar refractivity (Wildman–Crippen MR) is 98.6 cm³/mol. The molecule has 2 aliphatic heterocycles. The average molecular weight is 357 g/mol. The van der Waals surface area contributed by atoms with Crippen LogP contribution in [0.25, 0.3) is 0 Å². The standard InChI is InChI=1S/C20H27N3O3/c1-2-12-22-13-6-10-20(19(22)26)11-7-14-23(20)17(24)15-21-18(25)16-8-4-3-5-9-16/h3-5,8-9H,2,6-7,10-15H2,1H3,(H,21,25). The number of likely N-dealkylation sites (tertiary alicyclic amines) is 2. The lowest BCUT2D eigenvalue weighted by Gasteiger charge is -2.44. The molecule has 2 saturated heterocycles. The molecule has 6 nitrogen and oxygen atoms in total. The first-order valence-electron chi connectivity index (χ1n) is 9.51. The Balaban J connectivity index is 1.66. The summed E-state index contributed by atoms with van der Waals surface area (Å²) < 4.78 is 0. The van der Waals surface area contributed by atoms with Crippen LogP contribution in [0.3, 0.4) is 0 Å². The van der Waals surface area contributed by atoms with Crippen molar-refractivity contribution in [3.05, 3.63) is 35.9 Å². The van der Waals surface area contributed by atoms with Crippen molar-refractivity contribution in [2.45, 2.75) is 44.6 Å². The fourth-order valence-corrected chi connectivity index (χ4v) is 4.22. The van der Waals surface area contributed by atoms with Crippen LogP contribution in [0.15, 0.2) is 30.3 Å². The molecule has 3 rings (SSSR count). The van der Waals surface area contributed by atoms with Crippen molar-refractivity contribution in [2.75, 3.05) is 26.2 Å². The van der Waals surface area contributed by atoms with Crippen molar-refractivity contribution in [1.82, 2.24) is 15.1 Å². The van der Waals surface area contributed by atoms with E-state index in [2.05, 4.69) is 12.2 Å². The van der Waals surface area contributed by atoms with Gasteiger partial charge in [0.05, 0.1) is 6.54 Å². The molecule has 0 aliphatic carbocycles. The van der Waals surface area contributed by atoms with Gasteiger partial charge in [-0.25, -0.2) is 0 Å². The molecule has 1 aromatic rings. The number of piperidine rings is 1. The number of carbonyl (C=O) groups is 3. The number of hydrogen-bond donors (Lipinski definition) is 1. The zero-order valence-corrected chi connectivity index (χ0v) is 15.4. The van der Waals surface area contributed by atoms with Gasteiger partial charge in [0, 0.05) is 25.2 Å². The Morgan fingerprint density at radius 2 is 1.81 bits per heavy atom. The number of carbonyl (C=O) groups excluding carboxylic acids is 3. The van der Waals surface area contributed by atoms with Gasteiger partial charge < -0.3 is 15.1 Å². The highest BCUT2D eigenvalue weighted by Crippen LogP contribution is 2.38. The molecule has 3 amide bonds. The van der Waals surface area contributed by atoms with Crippen LogP contribution in [0.5, 0.6) is 0 Å². The minimum Gasteiger partial charge on any atom is -0.343 e. The van der Waals surface area contributed by atoms with Crippen LogP contribution in [-0.4, -0.2) is 59.2 Å².